The number of hydrogen-bond acceptors (Lipinski definition) is 5. The van der Waals surface area contributed by atoms with Crippen LogP contribution in [0.1, 0.15) is 36.0 Å². The Labute approximate surface area is 123 Å². The van der Waals surface area contributed by atoms with Crippen molar-refractivity contribution >= 4 is 17.6 Å². The lowest BCUT2D eigenvalue weighted by Crippen LogP contribution is -2.26. The van der Waals surface area contributed by atoms with Crippen molar-refractivity contribution in [1.29, 1.82) is 0 Å². The first-order valence-electron chi connectivity index (χ1n) is 6.85. The van der Waals surface area contributed by atoms with Crippen molar-refractivity contribution in [3.63, 3.8) is 0 Å². The summed E-state index contributed by atoms with van der Waals surface area (Å²) in [4.78, 5) is 23.4. The average Bonchev–Trinajstić information content (AvgIpc) is 3.00. The third-order valence-electron chi connectivity index (χ3n) is 3.73. The molecular formula is C15H18NO5-. The normalized spacial score (nSPS) is 14.8. The van der Waals surface area contributed by atoms with Gasteiger partial charge in [-0.05, 0) is 18.9 Å². The van der Waals surface area contributed by atoms with Gasteiger partial charge in [0.05, 0.1) is 25.9 Å². The number of anilines is 1. The molecular weight excluding hydrogens is 274 g/mol. The largest absolute Gasteiger partial charge is 0.545 e. The number of rotatable bonds is 5. The number of carbonyl (C=O) groups excluding carboxylic acids is 2. The summed E-state index contributed by atoms with van der Waals surface area (Å²) in [6.07, 6.45) is 3.72. The van der Waals surface area contributed by atoms with E-state index in [1.807, 2.05) is 0 Å². The molecule has 6 heteroatoms. The Morgan fingerprint density at radius 1 is 1.14 bits per heavy atom. The van der Waals surface area contributed by atoms with E-state index in [0.29, 0.717) is 5.75 Å². The third-order valence-corrected chi connectivity index (χ3v) is 3.73. The number of hydrogen-bond donors (Lipinski definition) is 1. The molecule has 0 unspecified atom stereocenters. The minimum Gasteiger partial charge on any atom is -0.545 e. The van der Waals surface area contributed by atoms with Gasteiger partial charge in [-0.2, -0.15) is 0 Å². The van der Waals surface area contributed by atoms with Crippen LogP contribution in [0.15, 0.2) is 12.1 Å². The number of benzene rings is 1. The molecule has 21 heavy (non-hydrogen) atoms. The number of carboxylic acids is 1. The fourth-order valence-electron chi connectivity index (χ4n) is 2.57. The fraction of sp³-hybridized carbons (Fsp3) is 0.467. The van der Waals surface area contributed by atoms with Crippen LogP contribution in [-0.2, 0) is 4.79 Å². The van der Waals surface area contributed by atoms with Crippen LogP contribution in [0.2, 0.25) is 0 Å². The molecule has 2 rings (SSSR count). The average molecular weight is 292 g/mol. The zero-order valence-electron chi connectivity index (χ0n) is 12.1. The highest BCUT2D eigenvalue weighted by Gasteiger charge is 2.24. The van der Waals surface area contributed by atoms with Crippen LogP contribution in [0.25, 0.3) is 0 Å². The summed E-state index contributed by atoms with van der Waals surface area (Å²) < 4.78 is 10.2. The molecule has 1 aliphatic carbocycles. The van der Waals surface area contributed by atoms with Crippen LogP contribution in [0, 0.1) is 5.92 Å². The monoisotopic (exact) mass is 292 g/mol. The van der Waals surface area contributed by atoms with Gasteiger partial charge in [-0.3, -0.25) is 4.79 Å². The molecule has 0 aromatic heterocycles. The predicted octanol–water partition coefficient (Wildman–Crippen LogP) is 1.20. The van der Waals surface area contributed by atoms with E-state index in [-0.39, 0.29) is 28.8 Å². The predicted molar refractivity (Wildman–Crippen MR) is 74.5 cm³/mol. The van der Waals surface area contributed by atoms with Gasteiger partial charge in [0.15, 0.2) is 11.5 Å². The molecule has 0 saturated heterocycles. The number of ether oxygens (including phenoxy) is 2. The van der Waals surface area contributed by atoms with Crippen molar-refractivity contribution in [3.05, 3.63) is 17.7 Å². The van der Waals surface area contributed by atoms with Crippen molar-refractivity contribution in [2.45, 2.75) is 25.7 Å². The highest BCUT2D eigenvalue weighted by atomic mass is 16.5. The second-order valence-electron chi connectivity index (χ2n) is 5.01. The summed E-state index contributed by atoms with van der Waals surface area (Å²) in [6.45, 7) is 0. The molecule has 1 aromatic carbocycles. The SMILES string of the molecule is COc1cc(NC(=O)C2CCCC2)c(C(=O)[O-])cc1OC. The lowest BCUT2D eigenvalue weighted by atomic mass is 10.1. The maximum atomic E-state index is 12.1. The first-order chi connectivity index (χ1) is 10.1. The summed E-state index contributed by atoms with van der Waals surface area (Å²) in [5.41, 5.74) is 0.0450. The number of carbonyl (C=O) groups is 2. The smallest absolute Gasteiger partial charge is 0.227 e. The molecule has 1 saturated carbocycles. The van der Waals surface area contributed by atoms with E-state index in [1.54, 1.807) is 0 Å². The van der Waals surface area contributed by atoms with E-state index in [0.717, 1.165) is 25.7 Å². The maximum absolute atomic E-state index is 12.1. The van der Waals surface area contributed by atoms with Crippen molar-refractivity contribution in [2.24, 2.45) is 5.92 Å². The zero-order valence-corrected chi connectivity index (χ0v) is 12.1. The molecule has 0 radical (unpaired) electrons. The first kappa shape index (κ1) is 15.2. The molecule has 0 aliphatic heterocycles. The Morgan fingerprint density at radius 3 is 2.24 bits per heavy atom. The van der Waals surface area contributed by atoms with E-state index in [9.17, 15) is 14.7 Å². The maximum Gasteiger partial charge on any atom is 0.227 e. The van der Waals surface area contributed by atoms with Crippen molar-refractivity contribution in [3.8, 4) is 11.5 Å². The van der Waals surface area contributed by atoms with Gasteiger partial charge in [0.1, 0.15) is 0 Å². The second-order valence-corrected chi connectivity index (χ2v) is 5.01. The topological polar surface area (TPSA) is 87.7 Å². The number of nitrogens with one attached hydrogen (secondary N) is 1. The van der Waals surface area contributed by atoms with Gasteiger partial charge in [-0.15, -0.1) is 0 Å². The van der Waals surface area contributed by atoms with Crippen LogP contribution >= 0.6 is 0 Å². The number of aromatic carboxylic acids is 1. The lowest BCUT2D eigenvalue weighted by molar-refractivity contribution is -0.254. The van der Waals surface area contributed by atoms with Gasteiger partial charge in [0.25, 0.3) is 0 Å². The zero-order chi connectivity index (χ0) is 15.4. The van der Waals surface area contributed by atoms with E-state index in [2.05, 4.69) is 5.32 Å². The Bertz CT molecular complexity index is 549. The molecule has 1 aromatic rings. The van der Waals surface area contributed by atoms with Gasteiger partial charge in [-0.25, -0.2) is 0 Å². The van der Waals surface area contributed by atoms with Crippen molar-refractivity contribution < 1.29 is 24.2 Å². The molecule has 1 N–H and O–H groups in total. The van der Waals surface area contributed by atoms with Crippen molar-refractivity contribution in [2.75, 3.05) is 19.5 Å². The van der Waals surface area contributed by atoms with Gasteiger partial charge in [0, 0.05) is 17.5 Å². The van der Waals surface area contributed by atoms with Gasteiger partial charge in [0.2, 0.25) is 5.91 Å². The fourth-order valence-corrected chi connectivity index (χ4v) is 2.57. The highest BCUT2D eigenvalue weighted by molar-refractivity contribution is 6.01. The third kappa shape index (κ3) is 3.26. The summed E-state index contributed by atoms with van der Waals surface area (Å²) in [5, 5.41) is 13.9. The van der Waals surface area contributed by atoms with E-state index < -0.39 is 5.97 Å². The first-order valence-corrected chi connectivity index (χ1v) is 6.85. The van der Waals surface area contributed by atoms with E-state index in [1.165, 1.54) is 26.4 Å². The summed E-state index contributed by atoms with van der Waals surface area (Å²) >= 11 is 0. The molecule has 1 fully saturated rings. The number of carboxylic acid groups (broad SMARTS) is 1. The quantitative estimate of drug-likeness (QED) is 0.881. The standard InChI is InChI=1S/C15H19NO5/c1-20-12-7-10(15(18)19)11(8-13(12)21-2)16-14(17)9-5-3-4-6-9/h7-9H,3-6H2,1-2H3,(H,16,17)(H,18,19)/p-1. The molecule has 1 amide bonds. The van der Waals surface area contributed by atoms with Crippen molar-refractivity contribution in [1.82, 2.24) is 0 Å². The van der Waals surface area contributed by atoms with Crippen LogP contribution in [0.4, 0.5) is 5.69 Å². The van der Waals surface area contributed by atoms with Crippen LogP contribution < -0.4 is 19.9 Å². The molecule has 6 nitrogen and oxygen atoms in total. The summed E-state index contributed by atoms with van der Waals surface area (Å²) in [5.74, 6) is -0.979. The molecule has 114 valence electrons. The molecule has 0 heterocycles. The molecule has 0 atom stereocenters. The van der Waals surface area contributed by atoms with E-state index >= 15 is 0 Å². The number of amides is 1. The van der Waals surface area contributed by atoms with Gasteiger partial charge >= 0.3 is 0 Å². The second kappa shape index (κ2) is 6.47. The number of methoxy groups -OCH3 is 2. The molecule has 1 aliphatic rings. The Morgan fingerprint density at radius 2 is 1.71 bits per heavy atom. The van der Waals surface area contributed by atoms with E-state index in [4.69, 9.17) is 9.47 Å². The van der Waals surface area contributed by atoms with Gasteiger partial charge < -0.3 is 24.7 Å². The Hall–Kier alpha value is -2.24. The van der Waals surface area contributed by atoms with Gasteiger partial charge in [-0.1, -0.05) is 12.8 Å². The molecule has 0 bridgehead atoms. The minimum atomic E-state index is -1.38. The Kier molecular flexibility index (Phi) is 4.67. The highest BCUT2D eigenvalue weighted by Crippen LogP contribution is 2.34. The summed E-state index contributed by atoms with van der Waals surface area (Å²) in [6, 6.07) is 2.73. The van der Waals surface area contributed by atoms with Crippen LogP contribution in [-0.4, -0.2) is 26.1 Å². The summed E-state index contributed by atoms with van der Waals surface area (Å²) in [7, 11) is 2.85. The lowest BCUT2D eigenvalue weighted by Gasteiger charge is -2.17. The molecule has 0 spiro atoms. The minimum absolute atomic E-state index is 0.0623. The van der Waals surface area contributed by atoms with Crippen LogP contribution in [0.3, 0.4) is 0 Å². The Balaban J connectivity index is 2.31. The van der Waals surface area contributed by atoms with Crippen LogP contribution in [0.5, 0.6) is 11.5 Å².